The van der Waals surface area contributed by atoms with Crippen LogP contribution < -0.4 is 10.5 Å². The number of rotatable bonds is 4. The summed E-state index contributed by atoms with van der Waals surface area (Å²) in [5.41, 5.74) is 6.07. The van der Waals surface area contributed by atoms with Gasteiger partial charge in [0.2, 0.25) is 0 Å². The van der Waals surface area contributed by atoms with Gasteiger partial charge in [-0.05, 0) is 19.9 Å². The number of hydrogen-bond acceptors (Lipinski definition) is 4. The second-order valence-corrected chi connectivity index (χ2v) is 7.70. The zero-order chi connectivity index (χ0) is 13.4. The molecule has 0 saturated heterocycles. The predicted octanol–water partition coefficient (Wildman–Crippen LogP) is 1.31. The summed E-state index contributed by atoms with van der Waals surface area (Å²) < 4.78 is 29.6. The quantitative estimate of drug-likeness (QED) is 0.895. The number of hydrogen-bond donors (Lipinski definition) is 1. The second kappa shape index (κ2) is 4.55. The summed E-state index contributed by atoms with van der Waals surface area (Å²) in [5, 5.41) is 0. The third-order valence-electron chi connectivity index (χ3n) is 2.85. The minimum atomic E-state index is -3.17. The summed E-state index contributed by atoms with van der Waals surface area (Å²) in [6.07, 6.45) is 0. The molecule has 0 fully saturated rings. The number of nitrogens with two attached hydrogens (primary N) is 1. The second-order valence-electron chi connectivity index (χ2n) is 5.59. The first-order valence-corrected chi connectivity index (χ1v) is 7.80. The van der Waals surface area contributed by atoms with E-state index >= 15 is 0 Å². The minimum absolute atomic E-state index is 0.00132. The van der Waals surface area contributed by atoms with Crippen LogP contribution in [0.15, 0.2) is 24.3 Å². The minimum Gasteiger partial charge on any atom is -0.493 e. The molecule has 0 radical (unpaired) electrons. The predicted molar refractivity (Wildman–Crippen MR) is 71.6 cm³/mol. The van der Waals surface area contributed by atoms with Crippen LogP contribution in [-0.4, -0.2) is 32.1 Å². The van der Waals surface area contributed by atoms with Crippen LogP contribution in [0.1, 0.15) is 25.3 Å². The van der Waals surface area contributed by atoms with Crippen molar-refractivity contribution in [2.45, 2.75) is 25.3 Å². The molecule has 0 aliphatic carbocycles. The van der Waals surface area contributed by atoms with Gasteiger partial charge in [0.15, 0.2) is 9.84 Å². The molecular weight excluding hydrogens is 250 g/mol. The van der Waals surface area contributed by atoms with E-state index in [1.54, 1.807) is 13.8 Å². The summed E-state index contributed by atoms with van der Waals surface area (Å²) in [5.74, 6) is 0.821. The first kappa shape index (κ1) is 13.4. The van der Waals surface area contributed by atoms with Crippen LogP contribution in [-0.2, 0) is 9.84 Å². The van der Waals surface area contributed by atoms with Gasteiger partial charge in [0, 0.05) is 17.0 Å². The van der Waals surface area contributed by atoms with Crippen molar-refractivity contribution in [2.75, 3.05) is 18.1 Å². The van der Waals surface area contributed by atoms with Crippen molar-refractivity contribution < 1.29 is 13.2 Å². The summed E-state index contributed by atoms with van der Waals surface area (Å²) in [4.78, 5) is 0. The van der Waals surface area contributed by atoms with Gasteiger partial charge < -0.3 is 10.5 Å². The zero-order valence-corrected chi connectivity index (χ0v) is 11.5. The topological polar surface area (TPSA) is 69.4 Å². The van der Waals surface area contributed by atoms with E-state index in [9.17, 15) is 8.42 Å². The highest BCUT2D eigenvalue weighted by Gasteiger charge is 2.31. The molecule has 1 heterocycles. The molecule has 100 valence electrons. The molecule has 1 aromatic carbocycles. The Labute approximate surface area is 108 Å². The van der Waals surface area contributed by atoms with Crippen molar-refractivity contribution >= 4 is 9.84 Å². The maximum atomic E-state index is 12.1. The largest absolute Gasteiger partial charge is 0.493 e. The van der Waals surface area contributed by atoms with Crippen molar-refractivity contribution in [1.82, 2.24) is 0 Å². The highest BCUT2D eigenvalue weighted by molar-refractivity contribution is 7.91. The fourth-order valence-corrected chi connectivity index (χ4v) is 4.44. The molecule has 1 aliphatic rings. The van der Waals surface area contributed by atoms with Crippen LogP contribution in [0.3, 0.4) is 0 Å². The summed E-state index contributed by atoms with van der Waals surface area (Å²) in [6.45, 7) is 3.89. The Morgan fingerprint density at radius 1 is 1.39 bits per heavy atom. The van der Waals surface area contributed by atoms with Crippen molar-refractivity contribution in [3.05, 3.63) is 29.8 Å². The number of para-hydroxylation sites is 1. The van der Waals surface area contributed by atoms with E-state index in [-0.39, 0.29) is 17.4 Å². The lowest BCUT2D eigenvalue weighted by molar-refractivity contribution is 0.337. The van der Waals surface area contributed by atoms with E-state index in [1.807, 2.05) is 24.3 Å². The van der Waals surface area contributed by atoms with Crippen LogP contribution in [0.2, 0.25) is 0 Å². The van der Waals surface area contributed by atoms with Crippen molar-refractivity contribution in [2.24, 2.45) is 5.73 Å². The van der Waals surface area contributed by atoms with Gasteiger partial charge in [-0.15, -0.1) is 0 Å². The highest BCUT2D eigenvalue weighted by atomic mass is 32.2. The molecule has 2 N–H and O–H groups in total. The highest BCUT2D eigenvalue weighted by Crippen LogP contribution is 2.34. The molecule has 1 aromatic rings. The molecule has 1 unspecified atom stereocenters. The lowest BCUT2D eigenvalue weighted by Gasteiger charge is -2.19. The average Bonchev–Trinajstić information content (AvgIpc) is 2.57. The van der Waals surface area contributed by atoms with Crippen LogP contribution in [0.25, 0.3) is 0 Å². The van der Waals surface area contributed by atoms with E-state index in [0.29, 0.717) is 6.61 Å². The smallest absolute Gasteiger partial charge is 0.152 e. The van der Waals surface area contributed by atoms with Crippen molar-refractivity contribution in [3.8, 4) is 5.75 Å². The van der Waals surface area contributed by atoms with Crippen LogP contribution in [0.5, 0.6) is 5.75 Å². The number of benzene rings is 1. The first-order chi connectivity index (χ1) is 8.27. The molecular formula is C13H19NO3S. The summed E-state index contributed by atoms with van der Waals surface area (Å²) in [6, 6.07) is 7.59. The molecule has 4 nitrogen and oxygen atoms in total. The van der Waals surface area contributed by atoms with E-state index < -0.39 is 15.4 Å². The number of fused-ring (bicyclic) bond motifs is 1. The van der Waals surface area contributed by atoms with Crippen molar-refractivity contribution in [3.63, 3.8) is 0 Å². The van der Waals surface area contributed by atoms with Gasteiger partial charge in [-0.3, -0.25) is 0 Å². The molecule has 0 spiro atoms. The monoisotopic (exact) mass is 269 g/mol. The Hall–Kier alpha value is -1.07. The molecule has 0 aromatic heterocycles. The van der Waals surface area contributed by atoms with E-state index in [2.05, 4.69) is 0 Å². The Morgan fingerprint density at radius 2 is 2.06 bits per heavy atom. The van der Waals surface area contributed by atoms with E-state index in [0.717, 1.165) is 11.3 Å². The van der Waals surface area contributed by atoms with Gasteiger partial charge in [-0.2, -0.15) is 0 Å². The Balaban J connectivity index is 2.13. The zero-order valence-electron chi connectivity index (χ0n) is 10.7. The van der Waals surface area contributed by atoms with Gasteiger partial charge in [-0.25, -0.2) is 8.42 Å². The van der Waals surface area contributed by atoms with Crippen molar-refractivity contribution in [1.29, 1.82) is 0 Å². The van der Waals surface area contributed by atoms with E-state index in [4.69, 9.17) is 10.5 Å². The van der Waals surface area contributed by atoms with Crippen LogP contribution >= 0.6 is 0 Å². The van der Waals surface area contributed by atoms with Crippen LogP contribution in [0.4, 0.5) is 0 Å². The summed E-state index contributed by atoms with van der Waals surface area (Å²) >= 11 is 0. The maximum Gasteiger partial charge on any atom is 0.152 e. The third-order valence-corrected chi connectivity index (χ3v) is 4.94. The first-order valence-electron chi connectivity index (χ1n) is 5.98. The standard InChI is InChI=1S/C13H19NO3S/c1-13(2,14)9-18(15,16)8-10-7-17-12-6-4-3-5-11(10)12/h3-6,10H,7-9,14H2,1-2H3. The third kappa shape index (κ3) is 3.23. The fraction of sp³-hybridized carbons (Fsp3) is 0.538. The van der Waals surface area contributed by atoms with Gasteiger partial charge in [0.25, 0.3) is 0 Å². The molecule has 2 rings (SSSR count). The molecule has 0 bridgehead atoms. The number of ether oxygens (including phenoxy) is 1. The molecule has 0 amide bonds. The molecule has 0 saturated carbocycles. The fourth-order valence-electron chi connectivity index (χ4n) is 2.30. The maximum absolute atomic E-state index is 12.1. The van der Waals surface area contributed by atoms with Gasteiger partial charge >= 0.3 is 0 Å². The van der Waals surface area contributed by atoms with Gasteiger partial charge in [-0.1, -0.05) is 18.2 Å². The van der Waals surface area contributed by atoms with Crippen LogP contribution in [0, 0.1) is 0 Å². The Bertz CT molecular complexity index is 531. The molecule has 1 atom stereocenters. The summed E-state index contributed by atoms with van der Waals surface area (Å²) in [7, 11) is -3.17. The lowest BCUT2D eigenvalue weighted by atomic mass is 10.0. The lowest BCUT2D eigenvalue weighted by Crippen LogP contribution is -2.41. The SMILES string of the molecule is CC(C)(N)CS(=O)(=O)CC1COc2ccccc21. The van der Waals surface area contributed by atoms with Gasteiger partial charge in [0.1, 0.15) is 5.75 Å². The van der Waals surface area contributed by atoms with Gasteiger partial charge in [0.05, 0.1) is 18.1 Å². The molecule has 1 aliphatic heterocycles. The average molecular weight is 269 g/mol. The molecule has 18 heavy (non-hydrogen) atoms. The number of sulfone groups is 1. The van der Waals surface area contributed by atoms with E-state index in [1.165, 1.54) is 0 Å². The molecule has 5 heteroatoms. The Morgan fingerprint density at radius 3 is 2.72 bits per heavy atom. The Kier molecular flexibility index (Phi) is 3.38. The normalized spacial score (nSPS) is 19.4.